The minimum Gasteiger partial charge on any atom is -0.328 e. The van der Waals surface area contributed by atoms with E-state index in [4.69, 9.17) is 5.73 Å². The summed E-state index contributed by atoms with van der Waals surface area (Å²) in [4.78, 5) is 2.66. The summed E-state index contributed by atoms with van der Waals surface area (Å²) in [6.45, 7) is 2.66. The molecule has 86 valence electrons. The Labute approximate surface area is 99.4 Å². The van der Waals surface area contributed by atoms with Crippen LogP contribution < -0.4 is 5.73 Å². The van der Waals surface area contributed by atoms with Crippen LogP contribution in [0.2, 0.25) is 0 Å². The zero-order valence-corrected chi connectivity index (χ0v) is 10.3. The van der Waals surface area contributed by atoms with Crippen molar-refractivity contribution in [3.05, 3.63) is 0 Å². The molecule has 0 radical (unpaired) electrons. The first kappa shape index (κ1) is 14.5. The first-order valence-corrected chi connectivity index (χ1v) is 5.36. The van der Waals surface area contributed by atoms with Gasteiger partial charge in [-0.05, 0) is 45.2 Å². The fraction of sp³-hybridized carbons (Fsp3) is 1.00. The van der Waals surface area contributed by atoms with Crippen molar-refractivity contribution >= 4 is 24.8 Å². The van der Waals surface area contributed by atoms with Crippen LogP contribution in [0.15, 0.2) is 0 Å². The first-order chi connectivity index (χ1) is 5.86. The quantitative estimate of drug-likeness (QED) is 0.762. The minimum absolute atomic E-state index is 0. The van der Waals surface area contributed by atoms with E-state index in [-0.39, 0.29) is 24.8 Å². The molecule has 0 bridgehead atoms. The molecule has 1 aliphatic carbocycles. The highest BCUT2D eigenvalue weighted by atomic mass is 35.5. The normalized spacial score (nSPS) is 33.2. The largest absolute Gasteiger partial charge is 0.328 e. The number of piperidine rings is 1. The molecule has 1 saturated heterocycles. The van der Waals surface area contributed by atoms with E-state index in [0.29, 0.717) is 6.04 Å². The Balaban J connectivity index is 0.000000845. The van der Waals surface area contributed by atoms with E-state index < -0.39 is 0 Å². The predicted octanol–water partition coefficient (Wildman–Crippen LogP) is 2.20. The molecular formula is C10H22Cl2N2. The number of hydrogen-bond donors (Lipinski definition) is 1. The van der Waals surface area contributed by atoms with Crippen molar-refractivity contribution < 1.29 is 0 Å². The van der Waals surface area contributed by atoms with Gasteiger partial charge in [0.1, 0.15) is 0 Å². The molecule has 1 aliphatic heterocycles. The molecule has 14 heavy (non-hydrogen) atoms. The van der Waals surface area contributed by atoms with Gasteiger partial charge in [-0.25, -0.2) is 0 Å². The maximum absolute atomic E-state index is 5.91. The fourth-order valence-corrected chi connectivity index (χ4v) is 2.61. The third kappa shape index (κ3) is 3.58. The Hall–Kier alpha value is 0.500. The molecule has 2 fully saturated rings. The zero-order chi connectivity index (χ0) is 8.39. The minimum atomic E-state index is 0. The second kappa shape index (κ2) is 6.89. The van der Waals surface area contributed by atoms with Gasteiger partial charge in [0.15, 0.2) is 0 Å². The van der Waals surface area contributed by atoms with Crippen molar-refractivity contribution in [2.45, 2.75) is 50.6 Å². The van der Waals surface area contributed by atoms with Gasteiger partial charge >= 0.3 is 0 Å². The molecule has 0 unspecified atom stereocenters. The van der Waals surface area contributed by atoms with E-state index in [2.05, 4.69) is 4.90 Å². The van der Waals surface area contributed by atoms with Gasteiger partial charge in [0.25, 0.3) is 0 Å². The van der Waals surface area contributed by atoms with Gasteiger partial charge in [0.05, 0.1) is 0 Å². The number of nitrogens with zero attached hydrogens (tertiary/aromatic N) is 1. The lowest BCUT2D eigenvalue weighted by atomic mass is 10.1. The highest BCUT2D eigenvalue weighted by Crippen LogP contribution is 2.25. The number of rotatable bonds is 1. The summed E-state index contributed by atoms with van der Waals surface area (Å²) in [5.74, 6) is 0. The van der Waals surface area contributed by atoms with Gasteiger partial charge < -0.3 is 10.6 Å². The Bertz CT molecular complexity index is 146. The summed E-state index contributed by atoms with van der Waals surface area (Å²) in [6, 6.07) is 1.33. The lowest BCUT2D eigenvalue weighted by Crippen LogP contribution is -2.38. The second-order valence-electron chi connectivity index (χ2n) is 4.32. The highest BCUT2D eigenvalue weighted by Gasteiger charge is 2.27. The molecule has 0 aromatic rings. The van der Waals surface area contributed by atoms with Crippen molar-refractivity contribution in [1.29, 1.82) is 0 Å². The van der Waals surface area contributed by atoms with Crippen LogP contribution in [0.4, 0.5) is 0 Å². The molecule has 0 spiro atoms. The Kier molecular flexibility index (Phi) is 7.13. The van der Waals surface area contributed by atoms with Crippen LogP contribution in [0.25, 0.3) is 0 Å². The molecule has 2 N–H and O–H groups in total. The van der Waals surface area contributed by atoms with Crippen molar-refractivity contribution in [2.75, 3.05) is 13.1 Å². The van der Waals surface area contributed by atoms with Crippen molar-refractivity contribution in [2.24, 2.45) is 5.73 Å². The zero-order valence-electron chi connectivity index (χ0n) is 8.65. The summed E-state index contributed by atoms with van der Waals surface area (Å²) in [5.41, 5.74) is 5.91. The molecule has 1 saturated carbocycles. The van der Waals surface area contributed by atoms with E-state index in [9.17, 15) is 0 Å². The Morgan fingerprint density at radius 3 is 2.07 bits per heavy atom. The van der Waals surface area contributed by atoms with Crippen LogP contribution in [-0.4, -0.2) is 30.1 Å². The smallest absolute Gasteiger partial charge is 0.0111 e. The van der Waals surface area contributed by atoms with E-state index in [0.717, 1.165) is 6.04 Å². The third-order valence-electron chi connectivity index (χ3n) is 3.35. The first-order valence-electron chi connectivity index (χ1n) is 5.36. The molecule has 4 heteroatoms. The summed E-state index contributed by atoms with van der Waals surface area (Å²) in [5, 5.41) is 0. The van der Waals surface area contributed by atoms with Gasteiger partial charge in [-0.2, -0.15) is 0 Å². The van der Waals surface area contributed by atoms with Crippen molar-refractivity contribution in [1.82, 2.24) is 4.90 Å². The fourth-order valence-electron chi connectivity index (χ4n) is 2.61. The average molecular weight is 241 g/mol. The van der Waals surface area contributed by atoms with Gasteiger partial charge in [0, 0.05) is 12.1 Å². The van der Waals surface area contributed by atoms with Gasteiger partial charge in [-0.15, -0.1) is 24.8 Å². The lowest BCUT2D eigenvalue weighted by Gasteiger charge is -2.32. The van der Waals surface area contributed by atoms with E-state index in [1.807, 2.05) is 0 Å². The molecule has 0 amide bonds. The SMILES string of the molecule is Cl.Cl.N[C@@H]1CC[C@H](N2CCCCC2)C1. The second-order valence-corrected chi connectivity index (χ2v) is 4.32. The number of hydrogen-bond acceptors (Lipinski definition) is 2. The van der Waals surface area contributed by atoms with E-state index >= 15 is 0 Å². The molecule has 2 aliphatic rings. The van der Waals surface area contributed by atoms with Crippen LogP contribution in [-0.2, 0) is 0 Å². The molecular weight excluding hydrogens is 219 g/mol. The van der Waals surface area contributed by atoms with Gasteiger partial charge in [-0.3, -0.25) is 0 Å². The molecule has 1 heterocycles. The number of halogens is 2. The highest BCUT2D eigenvalue weighted by molar-refractivity contribution is 5.85. The summed E-state index contributed by atoms with van der Waals surface area (Å²) < 4.78 is 0. The summed E-state index contributed by atoms with van der Waals surface area (Å²) in [7, 11) is 0. The summed E-state index contributed by atoms with van der Waals surface area (Å²) in [6.07, 6.45) is 8.11. The monoisotopic (exact) mass is 240 g/mol. The van der Waals surface area contributed by atoms with Gasteiger partial charge in [0.2, 0.25) is 0 Å². The molecule has 0 aromatic carbocycles. The van der Waals surface area contributed by atoms with Crippen LogP contribution in [0.1, 0.15) is 38.5 Å². The van der Waals surface area contributed by atoms with Crippen LogP contribution in [0.5, 0.6) is 0 Å². The topological polar surface area (TPSA) is 29.3 Å². The average Bonchev–Trinajstić information content (AvgIpc) is 2.54. The summed E-state index contributed by atoms with van der Waals surface area (Å²) >= 11 is 0. The van der Waals surface area contributed by atoms with Crippen LogP contribution >= 0.6 is 24.8 Å². The molecule has 0 aromatic heterocycles. The van der Waals surface area contributed by atoms with Crippen molar-refractivity contribution in [3.8, 4) is 0 Å². The standard InChI is InChI=1S/C10H20N2.2ClH/c11-9-4-5-10(8-9)12-6-2-1-3-7-12;;/h9-10H,1-8,11H2;2*1H/t9-,10+;;/m1../s1. The third-order valence-corrected chi connectivity index (χ3v) is 3.35. The predicted molar refractivity (Wildman–Crippen MR) is 65.5 cm³/mol. The number of likely N-dealkylation sites (tertiary alicyclic amines) is 1. The van der Waals surface area contributed by atoms with Crippen LogP contribution in [0, 0.1) is 0 Å². The Morgan fingerprint density at radius 1 is 0.929 bits per heavy atom. The van der Waals surface area contributed by atoms with Crippen LogP contribution in [0.3, 0.4) is 0 Å². The maximum Gasteiger partial charge on any atom is 0.0111 e. The maximum atomic E-state index is 5.91. The molecule has 2 rings (SSSR count). The number of nitrogens with two attached hydrogens (primary N) is 1. The lowest BCUT2D eigenvalue weighted by molar-refractivity contribution is 0.164. The van der Waals surface area contributed by atoms with Gasteiger partial charge in [-0.1, -0.05) is 6.42 Å². The molecule has 2 atom stereocenters. The van der Waals surface area contributed by atoms with E-state index in [1.54, 1.807) is 0 Å². The van der Waals surface area contributed by atoms with Crippen molar-refractivity contribution in [3.63, 3.8) is 0 Å². The van der Waals surface area contributed by atoms with E-state index in [1.165, 1.54) is 51.6 Å². The Morgan fingerprint density at radius 2 is 1.57 bits per heavy atom. The molecule has 2 nitrogen and oxygen atoms in total.